The number of nitrogens with zero attached hydrogens (tertiary/aromatic N) is 1. The maximum absolute atomic E-state index is 14.1. The molecule has 19 heavy (non-hydrogen) atoms. The zero-order chi connectivity index (χ0) is 14.0. The van der Waals surface area contributed by atoms with Crippen LogP contribution < -0.4 is 10.6 Å². The second-order valence-corrected chi connectivity index (χ2v) is 6.98. The van der Waals surface area contributed by atoms with Crippen LogP contribution in [-0.4, -0.2) is 33.8 Å². The Bertz CT molecular complexity index is 560. The third-order valence-corrected chi connectivity index (χ3v) is 4.67. The van der Waals surface area contributed by atoms with Crippen molar-refractivity contribution in [3.8, 4) is 0 Å². The lowest BCUT2D eigenvalue weighted by Gasteiger charge is -2.37. The van der Waals surface area contributed by atoms with Crippen molar-refractivity contribution in [1.82, 2.24) is 0 Å². The van der Waals surface area contributed by atoms with Crippen molar-refractivity contribution < 1.29 is 12.8 Å². The Morgan fingerprint density at radius 3 is 2.74 bits per heavy atom. The Balaban J connectivity index is 2.35. The normalized spacial score (nSPS) is 20.6. The van der Waals surface area contributed by atoms with Crippen LogP contribution in [0.25, 0.3) is 0 Å². The van der Waals surface area contributed by atoms with Crippen molar-refractivity contribution in [2.45, 2.75) is 30.2 Å². The summed E-state index contributed by atoms with van der Waals surface area (Å²) in [5.41, 5.74) is 6.17. The standard InChI is InChI=1S/C13H19FN2O2S/c1-19(17,18)11-5-6-13(12(14)8-11)16-7-3-2-4-10(16)9-15/h5-6,8,10H,2-4,7,9,15H2,1H3. The fourth-order valence-electron chi connectivity index (χ4n) is 2.51. The van der Waals surface area contributed by atoms with Crippen LogP contribution in [0.3, 0.4) is 0 Å². The third-order valence-electron chi connectivity index (χ3n) is 3.56. The highest BCUT2D eigenvalue weighted by atomic mass is 32.2. The predicted molar refractivity (Wildman–Crippen MR) is 73.5 cm³/mol. The molecule has 1 aromatic rings. The summed E-state index contributed by atoms with van der Waals surface area (Å²) in [6.07, 6.45) is 4.12. The van der Waals surface area contributed by atoms with Gasteiger partial charge in [-0.2, -0.15) is 0 Å². The summed E-state index contributed by atoms with van der Waals surface area (Å²) >= 11 is 0. The van der Waals surface area contributed by atoms with Gasteiger partial charge in [-0.15, -0.1) is 0 Å². The van der Waals surface area contributed by atoms with Crippen LogP contribution >= 0.6 is 0 Å². The van der Waals surface area contributed by atoms with Crippen molar-refractivity contribution in [2.75, 3.05) is 24.2 Å². The number of rotatable bonds is 3. The molecule has 0 spiro atoms. The Hall–Kier alpha value is -1.14. The minimum Gasteiger partial charge on any atom is -0.365 e. The van der Waals surface area contributed by atoms with Crippen molar-refractivity contribution >= 4 is 15.5 Å². The molecule has 6 heteroatoms. The lowest BCUT2D eigenvalue weighted by Crippen LogP contribution is -2.44. The molecule has 2 N–H and O–H groups in total. The van der Waals surface area contributed by atoms with Crippen molar-refractivity contribution in [1.29, 1.82) is 0 Å². The number of benzene rings is 1. The average molecular weight is 286 g/mol. The number of piperidine rings is 1. The Morgan fingerprint density at radius 1 is 1.42 bits per heavy atom. The van der Waals surface area contributed by atoms with Crippen molar-refractivity contribution in [3.63, 3.8) is 0 Å². The van der Waals surface area contributed by atoms with Gasteiger partial charge in [0.2, 0.25) is 0 Å². The molecule has 1 aliphatic rings. The minimum atomic E-state index is -3.38. The first-order valence-electron chi connectivity index (χ1n) is 6.40. The van der Waals surface area contributed by atoms with Crippen LogP contribution in [0.5, 0.6) is 0 Å². The Morgan fingerprint density at radius 2 is 2.16 bits per heavy atom. The van der Waals surface area contributed by atoms with Gasteiger partial charge < -0.3 is 10.6 Å². The summed E-state index contributed by atoms with van der Waals surface area (Å²) < 4.78 is 36.9. The first-order valence-corrected chi connectivity index (χ1v) is 8.29. The first-order chi connectivity index (χ1) is 8.93. The highest BCUT2D eigenvalue weighted by Gasteiger charge is 2.24. The summed E-state index contributed by atoms with van der Waals surface area (Å²) in [6, 6.07) is 4.22. The molecule has 1 fully saturated rings. The molecule has 0 aromatic heterocycles. The monoisotopic (exact) mass is 286 g/mol. The minimum absolute atomic E-state index is 0.00931. The summed E-state index contributed by atoms with van der Waals surface area (Å²) in [4.78, 5) is 1.96. The molecule has 1 atom stereocenters. The number of hydrogen-bond donors (Lipinski definition) is 1. The summed E-state index contributed by atoms with van der Waals surface area (Å²) in [7, 11) is -3.38. The lowest BCUT2D eigenvalue weighted by atomic mass is 10.0. The highest BCUT2D eigenvalue weighted by Crippen LogP contribution is 2.28. The fraction of sp³-hybridized carbons (Fsp3) is 0.538. The van der Waals surface area contributed by atoms with Gasteiger partial charge in [-0.3, -0.25) is 0 Å². The maximum atomic E-state index is 14.1. The molecular formula is C13H19FN2O2S. The first kappa shape index (κ1) is 14.3. The average Bonchev–Trinajstić information content (AvgIpc) is 2.37. The maximum Gasteiger partial charge on any atom is 0.175 e. The molecule has 1 aliphatic heterocycles. The second-order valence-electron chi connectivity index (χ2n) is 4.96. The quantitative estimate of drug-likeness (QED) is 0.915. The molecule has 4 nitrogen and oxygen atoms in total. The van der Waals surface area contributed by atoms with Gasteiger partial charge in [0, 0.05) is 25.4 Å². The van der Waals surface area contributed by atoms with E-state index in [2.05, 4.69) is 0 Å². The van der Waals surface area contributed by atoms with Crippen LogP contribution in [0.4, 0.5) is 10.1 Å². The van der Waals surface area contributed by atoms with Crippen LogP contribution in [0.15, 0.2) is 23.1 Å². The molecule has 0 saturated carbocycles. The van der Waals surface area contributed by atoms with Gasteiger partial charge in [0.25, 0.3) is 0 Å². The van der Waals surface area contributed by atoms with E-state index in [1.165, 1.54) is 6.07 Å². The van der Waals surface area contributed by atoms with E-state index in [0.29, 0.717) is 12.2 Å². The van der Waals surface area contributed by atoms with E-state index < -0.39 is 15.7 Å². The second kappa shape index (κ2) is 5.46. The highest BCUT2D eigenvalue weighted by molar-refractivity contribution is 7.90. The molecule has 1 unspecified atom stereocenters. The van der Waals surface area contributed by atoms with Gasteiger partial charge in [-0.1, -0.05) is 0 Å². The Labute approximate surface area is 113 Å². The van der Waals surface area contributed by atoms with Crippen LogP contribution in [0, 0.1) is 5.82 Å². The van der Waals surface area contributed by atoms with Gasteiger partial charge in [0.05, 0.1) is 10.6 Å². The molecular weight excluding hydrogens is 267 g/mol. The van der Waals surface area contributed by atoms with Crippen molar-refractivity contribution in [2.24, 2.45) is 5.73 Å². The fourth-order valence-corrected chi connectivity index (χ4v) is 3.15. The number of nitrogens with two attached hydrogens (primary N) is 1. The van der Waals surface area contributed by atoms with E-state index in [1.807, 2.05) is 4.90 Å². The largest absolute Gasteiger partial charge is 0.365 e. The SMILES string of the molecule is CS(=O)(=O)c1ccc(N2CCCCC2CN)c(F)c1. The van der Waals surface area contributed by atoms with Crippen LogP contribution in [0.2, 0.25) is 0 Å². The zero-order valence-corrected chi connectivity index (χ0v) is 11.8. The predicted octanol–water partition coefficient (Wildman–Crippen LogP) is 1.55. The van der Waals surface area contributed by atoms with Gasteiger partial charge >= 0.3 is 0 Å². The summed E-state index contributed by atoms with van der Waals surface area (Å²) in [5.74, 6) is -0.497. The van der Waals surface area contributed by atoms with Gasteiger partial charge in [0.15, 0.2) is 9.84 Å². The third kappa shape index (κ3) is 3.06. The molecule has 1 saturated heterocycles. The number of halogens is 1. The molecule has 106 valence electrons. The molecule has 0 aliphatic carbocycles. The van der Waals surface area contributed by atoms with E-state index >= 15 is 0 Å². The van der Waals surface area contributed by atoms with E-state index in [9.17, 15) is 12.8 Å². The topological polar surface area (TPSA) is 63.4 Å². The summed E-state index contributed by atoms with van der Waals surface area (Å²) in [5, 5.41) is 0. The molecule has 1 aromatic carbocycles. The number of sulfone groups is 1. The van der Waals surface area contributed by atoms with Gasteiger partial charge in [-0.05, 0) is 37.5 Å². The lowest BCUT2D eigenvalue weighted by molar-refractivity contribution is 0.457. The molecule has 2 rings (SSSR count). The van der Waals surface area contributed by atoms with Gasteiger partial charge in [0.1, 0.15) is 5.82 Å². The Kier molecular flexibility index (Phi) is 4.10. The number of hydrogen-bond acceptors (Lipinski definition) is 4. The van der Waals surface area contributed by atoms with E-state index in [-0.39, 0.29) is 10.9 Å². The zero-order valence-electron chi connectivity index (χ0n) is 11.0. The summed E-state index contributed by atoms with van der Waals surface area (Å²) in [6.45, 7) is 1.24. The number of anilines is 1. The molecule has 1 heterocycles. The van der Waals surface area contributed by atoms with Gasteiger partial charge in [-0.25, -0.2) is 12.8 Å². The smallest absolute Gasteiger partial charge is 0.175 e. The van der Waals surface area contributed by atoms with Crippen LogP contribution in [-0.2, 0) is 9.84 Å². The molecule has 0 bridgehead atoms. The molecule has 0 radical (unpaired) electrons. The van der Waals surface area contributed by atoms with Crippen molar-refractivity contribution in [3.05, 3.63) is 24.0 Å². The van der Waals surface area contributed by atoms with E-state index in [1.54, 1.807) is 6.07 Å². The van der Waals surface area contributed by atoms with E-state index in [4.69, 9.17) is 5.73 Å². The van der Waals surface area contributed by atoms with Crippen LogP contribution in [0.1, 0.15) is 19.3 Å². The van der Waals surface area contributed by atoms with E-state index in [0.717, 1.165) is 38.1 Å². The molecule has 0 amide bonds.